The molecule has 0 fully saturated rings. The Balaban J connectivity index is 1.80. The molecule has 1 spiro atoms. The van der Waals surface area contributed by atoms with Crippen LogP contribution in [0.1, 0.15) is 22.3 Å². The summed E-state index contributed by atoms with van der Waals surface area (Å²) in [6.07, 6.45) is 0. The molecule has 0 bridgehead atoms. The van der Waals surface area contributed by atoms with Gasteiger partial charge < -0.3 is 0 Å². The van der Waals surface area contributed by atoms with E-state index in [0.717, 1.165) is 5.02 Å². The third-order valence-electron chi connectivity index (χ3n) is 6.94. The van der Waals surface area contributed by atoms with Crippen LogP contribution in [-0.4, -0.2) is 0 Å². The molecule has 30 heavy (non-hydrogen) atoms. The van der Waals surface area contributed by atoms with E-state index in [4.69, 9.17) is 11.6 Å². The molecule has 0 saturated carbocycles. The number of rotatable bonds is 0. The molecule has 5 aromatic rings. The van der Waals surface area contributed by atoms with Crippen molar-refractivity contribution in [2.45, 2.75) is 5.41 Å². The van der Waals surface area contributed by atoms with Gasteiger partial charge in [-0.15, -0.1) is 0 Å². The number of halogens is 1. The van der Waals surface area contributed by atoms with Gasteiger partial charge in [-0.25, -0.2) is 0 Å². The second kappa shape index (κ2) is 5.62. The quantitative estimate of drug-likeness (QED) is 0.243. The van der Waals surface area contributed by atoms with E-state index in [9.17, 15) is 0 Å². The lowest BCUT2D eigenvalue weighted by Crippen LogP contribution is -2.31. The minimum Gasteiger partial charge on any atom is -0.0843 e. The summed E-state index contributed by atoms with van der Waals surface area (Å²) in [5.74, 6) is 0. The van der Waals surface area contributed by atoms with Crippen molar-refractivity contribution in [3.05, 3.63) is 130 Å². The highest BCUT2D eigenvalue weighted by Crippen LogP contribution is 2.61. The summed E-state index contributed by atoms with van der Waals surface area (Å²) in [5, 5.41) is 3.41. The molecule has 140 valence electrons. The lowest BCUT2D eigenvalue weighted by Gasteiger charge is -2.40. The molecule has 1 heteroatoms. The zero-order valence-electron chi connectivity index (χ0n) is 16.2. The van der Waals surface area contributed by atoms with Crippen LogP contribution in [0.3, 0.4) is 0 Å². The monoisotopic (exact) mass is 400 g/mol. The van der Waals surface area contributed by atoms with E-state index in [-0.39, 0.29) is 5.41 Å². The number of hydrogen-bond acceptors (Lipinski definition) is 0. The molecule has 5 aromatic carbocycles. The van der Waals surface area contributed by atoms with Crippen LogP contribution in [-0.2, 0) is 5.41 Å². The van der Waals surface area contributed by atoms with Crippen molar-refractivity contribution in [2.75, 3.05) is 0 Å². The van der Waals surface area contributed by atoms with Crippen molar-refractivity contribution in [1.82, 2.24) is 0 Å². The van der Waals surface area contributed by atoms with Gasteiger partial charge in [0.2, 0.25) is 0 Å². The van der Waals surface area contributed by atoms with Gasteiger partial charge >= 0.3 is 0 Å². The van der Waals surface area contributed by atoms with Crippen molar-refractivity contribution in [3.63, 3.8) is 0 Å². The second-order valence-electron chi connectivity index (χ2n) is 8.24. The molecule has 0 aromatic heterocycles. The van der Waals surface area contributed by atoms with Crippen molar-refractivity contribution in [2.24, 2.45) is 0 Å². The van der Waals surface area contributed by atoms with Crippen LogP contribution < -0.4 is 0 Å². The van der Waals surface area contributed by atoms with Crippen LogP contribution in [0.25, 0.3) is 33.0 Å². The third-order valence-corrected chi connectivity index (χ3v) is 7.17. The minimum atomic E-state index is -0.360. The first kappa shape index (κ1) is 16.4. The number of benzene rings is 5. The third kappa shape index (κ3) is 1.79. The largest absolute Gasteiger partial charge is 0.0843 e. The summed E-state index contributed by atoms with van der Waals surface area (Å²) < 4.78 is 0. The molecule has 7 rings (SSSR count). The molecule has 0 saturated heterocycles. The number of hydrogen-bond donors (Lipinski definition) is 0. The summed E-state index contributed by atoms with van der Waals surface area (Å²) in [7, 11) is 0. The Morgan fingerprint density at radius 3 is 1.77 bits per heavy atom. The first-order chi connectivity index (χ1) is 14.8. The van der Waals surface area contributed by atoms with E-state index in [2.05, 4.69) is 97.1 Å². The second-order valence-corrected chi connectivity index (χ2v) is 8.68. The van der Waals surface area contributed by atoms with Crippen LogP contribution in [0.4, 0.5) is 0 Å². The van der Waals surface area contributed by atoms with Gasteiger partial charge in [0, 0.05) is 5.02 Å². The smallest absolute Gasteiger partial charge is 0.0726 e. The van der Waals surface area contributed by atoms with Crippen LogP contribution in [0, 0.1) is 0 Å². The molecule has 2 aliphatic carbocycles. The molecule has 0 amide bonds. The Labute approximate surface area is 180 Å². The fraction of sp³-hybridized carbons (Fsp3) is 0.0345. The molecular formula is C29H17Cl. The highest BCUT2D eigenvalue weighted by atomic mass is 35.5. The van der Waals surface area contributed by atoms with E-state index in [0.29, 0.717) is 0 Å². The first-order valence-electron chi connectivity index (χ1n) is 10.3. The molecule has 0 nitrogen and oxygen atoms in total. The molecule has 0 radical (unpaired) electrons. The normalized spacial score (nSPS) is 14.4. The Morgan fingerprint density at radius 1 is 0.467 bits per heavy atom. The summed E-state index contributed by atoms with van der Waals surface area (Å²) in [5.41, 5.74) is 10.2. The van der Waals surface area contributed by atoms with Gasteiger partial charge in [0.25, 0.3) is 0 Å². The van der Waals surface area contributed by atoms with Crippen molar-refractivity contribution in [3.8, 4) is 22.3 Å². The molecule has 0 aliphatic heterocycles. The van der Waals surface area contributed by atoms with Crippen LogP contribution in [0.2, 0.25) is 5.02 Å². The first-order valence-corrected chi connectivity index (χ1v) is 10.7. The lowest BCUT2D eigenvalue weighted by atomic mass is 9.61. The van der Waals surface area contributed by atoms with Crippen molar-refractivity contribution < 1.29 is 0 Å². The summed E-state index contributed by atoms with van der Waals surface area (Å²) >= 11 is 6.62. The minimum absolute atomic E-state index is 0.360. The lowest BCUT2D eigenvalue weighted by molar-refractivity contribution is 0.773. The van der Waals surface area contributed by atoms with Gasteiger partial charge in [0.1, 0.15) is 0 Å². The predicted octanol–water partition coefficient (Wildman–Crippen LogP) is 7.84. The van der Waals surface area contributed by atoms with Gasteiger partial charge in [-0.1, -0.05) is 103 Å². The molecule has 0 heterocycles. The maximum absolute atomic E-state index is 6.62. The fourth-order valence-electron chi connectivity index (χ4n) is 5.90. The Kier molecular flexibility index (Phi) is 3.08. The Hall–Kier alpha value is -3.35. The molecule has 0 N–H and O–H groups in total. The highest BCUT2D eigenvalue weighted by Gasteiger charge is 2.49. The fourth-order valence-corrected chi connectivity index (χ4v) is 6.07. The molecule has 2 aliphatic rings. The van der Waals surface area contributed by atoms with Gasteiger partial charge in [0.05, 0.1) is 5.41 Å². The van der Waals surface area contributed by atoms with Gasteiger partial charge in [-0.3, -0.25) is 0 Å². The number of fused-ring (bicyclic) bond motifs is 9. The Morgan fingerprint density at radius 2 is 1.03 bits per heavy atom. The maximum atomic E-state index is 6.62. The van der Waals surface area contributed by atoms with Gasteiger partial charge in [-0.05, 0) is 67.4 Å². The summed E-state index contributed by atoms with van der Waals surface area (Å²) in [6, 6.07) is 37.5. The zero-order chi connectivity index (χ0) is 19.9. The van der Waals surface area contributed by atoms with Crippen LogP contribution in [0.5, 0.6) is 0 Å². The van der Waals surface area contributed by atoms with Gasteiger partial charge in [-0.2, -0.15) is 0 Å². The predicted molar refractivity (Wildman–Crippen MR) is 125 cm³/mol. The van der Waals surface area contributed by atoms with Crippen LogP contribution in [0.15, 0.2) is 103 Å². The summed E-state index contributed by atoms with van der Waals surface area (Å²) in [6.45, 7) is 0. The SMILES string of the molecule is Clc1ccc2c(c1)C1(c3ccccc3-c3ccccc31)c1cccc3cccc-2c13. The zero-order valence-corrected chi connectivity index (χ0v) is 16.9. The topological polar surface area (TPSA) is 0 Å². The molecule has 0 unspecified atom stereocenters. The summed E-state index contributed by atoms with van der Waals surface area (Å²) in [4.78, 5) is 0. The van der Waals surface area contributed by atoms with E-state index in [1.54, 1.807) is 0 Å². The van der Waals surface area contributed by atoms with E-state index >= 15 is 0 Å². The average Bonchev–Trinajstić information content (AvgIpc) is 3.09. The van der Waals surface area contributed by atoms with Crippen LogP contribution >= 0.6 is 11.6 Å². The van der Waals surface area contributed by atoms with Crippen molar-refractivity contribution >= 4 is 22.4 Å². The molecular weight excluding hydrogens is 384 g/mol. The molecule has 0 atom stereocenters. The van der Waals surface area contributed by atoms with E-state index < -0.39 is 0 Å². The average molecular weight is 401 g/mol. The van der Waals surface area contributed by atoms with E-state index in [1.165, 1.54) is 55.3 Å². The maximum Gasteiger partial charge on any atom is 0.0726 e. The highest BCUT2D eigenvalue weighted by molar-refractivity contribution is 6.31. The van der Waals surface area contributed by atoms with E-state index in [1.807, 2.05) is 6.07 Å². The van der Waals surface area contributed by atoms with Crippen molar-refractivity contribution in [1.29, 1.82) is 0 Å². The van der Waals surface area contributed by atoms with Gasteiger partial charge in [0.15, 0.2) is 0 Å². The Bertz CT molecular complexity index is 1460. The standard InChI is InChI=1S/C29H17Cl/c30-19-15-16-22-23-11-5-7-18-8-6-14-26(28(18)23)29(27(22)17-19)24-12-3-1-9-20(24)21-10-2-4-13-25(21)29/h1-17H.